The molecule has 0 aliphatic heterocycles. The van der Waals surface area contributed by atoms with Crippen LogP contribution in [-0.2, 0) is 0 Å². The molecule has 0 saturated carbocycles. The van der Waals surface area contributed by atoms with E-state index in [1.54, 1.807) is 0 Å². The molecule has 0 rings (SSSR count). The van der Waals surface area contributed by atoms with E-state index in [2.05, 4.69) is 38.1 Å². The SMILES string of the molecule is C=CCB(Br)Br. The average Bonchev–Trinajstić information content (AvgIpc) is 1.35. The van der Waals surface area contributed by atoms with E-state index < -0.39 is 0 Å². The zero-order chi connectivity index (χ0) is 4.99. The Balaban J connectivity index is 2.81. The van der Waals surface area contributed by atoms with Crippen molar-refractivity contribution in [3.05, 3.63) is 12.7 Å². The Hall–Kier alpha value is 0.765. The zero-order valence-corrected chi connectivity index (χ0v) is 6.50. The maximum atomic E-state index is 3.54. The number of hydrogen-bond donors (Lipinski definition) is 0. The number of hydrogen-bond acceptors (Lipinski definition) is 0. The summed E-state index contributed by atoms with van der Waals surface area (Å²) in [6.45, 7) is 3.54. The molecular formula is C3H5BBr2. The minimum atomic E-state index is 0.405. The molecule has 0 aromatic heterocycles. The summed E-state index contributed by atoms with van der Waals surface area (Å²) in [7, 11) is 0. The largest absolute Gasteiger partial charge is 0.302 e. The van der Waals surface area contributed by atoms with E-state index in [4.69, 9.17) is 0 Å². The van der Waals surface area contributed by atoms with Gasteiger partial charge in [0.05, 0.1) is 0 Å². The van der Waals surface area contributed by atoms with Crippen LogP contribution in [0.2, 0.25) is 6.32 Å². The lowest BCUT2D eigenvalue weighted by molar-refractivity contribution is 1.75. The molecular weight excluding hydrogens is 207 g/mol. The fourth-order valence-electron chi connectivity index (χ4n) is 0.126. The van der Waals surface area contributed by atoms with Crippen LogP contribution in [0.25, 0.3) is 0 Å². The molecule has 0 aliphatic carbocycles. The molecule has 34 valence electrons. The van der Waals surface area contributed by atoms with E-state index in [0.29, 0.717) is 4.36 Å². The van der Waals surface area contributed by atoms with Gasteiger partial charge in [-0.05, 0) is 6.32 Å². The Morgan fingerprint density at radius 2 is 2.17 bits per heavy atom. The maximum absolute atomic E-state index is 3.54. The quantitative estimate of drug-likeness (QED) is 0.486. The van der Waals surface area contributed by atoms with Gasteiger partial charge in [-0.3, -0.25) is 0 Å². The number of halogens is 2. The Morgan fingerprint density at radius 3 is 2.17 bits per heavy atom. The van der Waals surface area contributed by atoms with Gasteiger partial charge in [0.15, 0.2) is 0 Å². The number of rotatable bonds is 2. The Bertz CT molecular complexity index is 44.1. The molecule has 6 heavy (non-hydrogen) atoms. The highest BCUT2D eigenvalue weighted by Gasteiger charge is 1.96. The molecule has 0 atom stereocenters. The summed E-state index contributed by atoms with van der Waals surface area (Å²) >= 11 is 6.56. The second-order valence-electron chi connectivity index (χ2n) is 0.915. The molecule has 0 bridgehead atoms. The van der Waals surface area contributed by atoms with Crippen molar-refractivity contribution in [1.29, 1.82) is 0 Å². The van der Waals surface area contributed by atoms with Gasteiger partial charge >= 0.3 is 4.36 Å². The first-order chi connectivity index (χ1) is 2.77. The van der Waals surface area contributed by atoms with Crippen molar-refractivity contribution in [2.24, 2.45) is 0 Å². The maximum Gasteiger partial charge on any atom is 0.302 e. The molecule has 0 spiro atoms. The zero-order valence-electron chi connectivity index (χ0n) is 3.32. The second kappa shape index (κ2) is 3.94. The fraction of sp³-hybridized carbons (Fsp3) is 0.333. The van der Waals surface area contributed by atoms with Crippen LogP contribution >= 0.6 is 31.5 Å². The summed E-state index contributed by atoms with van der Waals surface area (Å²) in [6, 6.07) is 0. The van der Waals surface area contributed by atoms with Crippen molar-refractivity contribution >= 4 is 35.9 Å². The van der Waals surface area contributed by atoms with E-state index in [9.17, 15) is 0 Å². The molecule has 0 heterocycles. The average molecular weight is 212 g/mol. The highest BCUT2D eigenvalue weighted by atomic mass is 79.9. The molecule has 0 fully saturated rings. The van der Waals surface area contributed by atoms with Crippen LogP contribution in [0.5, 0.6) is 0 Å². The molecule has 0 N–H and O–H groups in total. The topological polar surface area (TPSA) is 0 Å². The third kappa shape index (κ3) is 4.76. The summed E-state index contributed by atoms with van der Waals surface area (Å²) < 4.78 is 0.405. The summed E-state index contributed by atoms with van der Waals surface area (Å²) in [4.78, 5) is 0. The minimum Gasteiger partial charge on any atom is -0.139 e. The lowest BCUT2D eigenvalue weighted by Crippen LogP contribution is -1.82. The van der Waals surface area contributed by atoms with Crippen molar-refractivity contribution in [2.75, 3.05) is 0 Å². The van der Waals surface area contributed by atoms with Gasteiger partial charge in [0.1, 0.15) is 0 Å². The predicted octanol–water partition coefficient (Wildman–Crippen LogP) is 2.45. The van der Waals surface area contributed by atoms with E-state index in [1.807, 2.05) is 6.08 Å². The van der Waals surface area contributed by atoms with Gasteiger partial charge in [0, 0.05) is 0 Å². The summed E-state index contributed by atoms with van der Waals surface area (Å²) in [5.74, 6) is 0. The van der Waals surface area contributed by atoms with Crippen molar-refractivity contribution in [3.8, 4) is 0 Å². The van der Waals surface area contributed by atoms with E-state index in [-0.39, 0.29) is 0 Å². The van der Waals surface area contributed by atoms with Crippen LogP contribution in [0.1, 0.15) is 0 Å². The normalized spacial score (nSPS) is 7.67. The summed E-state index contributed by atoms with van der Waals surface area (Å²) in [5, 5.41) is 0. The molecule has 0 radical (unpaired) electrons. The van der Waals surface area contributed by atoms with Gasteiger partial charge in [-0.25, -0.2) is 0 Å². The first-order valence-electron chi connectivity index (χ1n) is 1.66. The second-order valence-corrected chi connectivity index (χ2v) is 4.35. The van der Waals surface area contributed by atoms with E-state index in [0.717, 1.165) is 6.32 Å². The van der Waals surface area contributed by atoms with Crippen LogP contribution in [0, 0.1) is 0 Å². The van der Waals surface area contributed by atoms with Crippen LogP contribution in [-0.4, -0.2) is 4.36 Å². The van der Waals surface area contributed by atoms with Crippen LogP contribution < -0.4 is 0 Å². The smallest absolute Gasteiger partial charge is 0.139 e. The third-order valence-corrected chi connectivity index (χ3v) is 1.09. The molecule has 0 aliphatic rings. The molecule has 0 nitrogen and oxygen atoms in total. The molecule has 0 aromatic carbocycles. The highest BCUT2D eigenvalue weighted by Crippen LogP contribution is 2.07. The van der Waals surface area contributed by atoms with Crippen molar-refractivity contribution in [1.82, 2.24) is 0 Å². The van der Waals surface area contributed by atoms with Crippen LogP contribution in [0.3, 0.4) is 0 Å². The Kier molecular flexibility index (Phi) is 4.44. The van der Waals surface area contributed by atoms with Crippen molar-refractivity contribution in [2.45, 2.75) is 6.32 Å². The van der Waals surface area contributed by atoms with Gasteiger partial charge in [-0.1, -0.05) is 6.08 Å². The Morgan fingerprint density at radius 1 is 1.67 bits per heavy atom. The van der Waals surface area contributed by atoms with Gasteiger partial charge in [-0.15, -0.1) is 38.1 Å². The van der Waals surface area contributed by atoms with Crippen LogP contribution in [0.4, 0.5) is 0 Å². The molecule has 0 amide bonds. The standard InChI is InChI=1S/C3H5BBr2/c1-2-3-4(5)6/h2H,1,3H2. The summed E-state index contributed by atoms with van der Waals surface area (Å²) in [5.41, 5.74) is 0. The van der Waals surface area contributed by atoms with Crippen LogP contribution in [0.15, 0.2) is 12.7 Å². The van der Waals surface area contributed by atoms with Gasteiger partial charge in [0.25, 0.3) is 0 Å². The lowest BCUT2D eigenvalue weighted by atomic mass is 10.1. The molecule has 0 unspecified atom stereocenters. The number of allylic oxidation sites excluding steroid dienone is 1. The fourth-order valence-corrected chi connectivity index (χ4v) is 0.655. The molecule has 3 heteroatoms. The van der Waals surface area contributed by atoms with Crippen molar-refractivity contribution in [3.63, 3.8) is 0 Å². The van der Waals surface area contributed by atoms with Crippen molar-refractivity contribution < 1.29 is 0 Å². The summed E-state index contributed by atoms with van der Waals surface area (Å²) in [6.07, 6.45) is 2.83. The van der Waals surface area contributed by atoms with Gasteiger partial charge in [-0.2, -0.15) is 0 Å². The monoisotopic (exact) mass is 210 g/mol. The Labute approximate surface area is 55.0 Å². The third-order valence-electron chi connectivity index (χ3n) is 0.345. The first kappa shape index (κ1) is 6.76. The predicted molar refractivity (Wildman–Crippen MR) is 38.6 cm³/mol. The molecule has 0 aromatic rings. The first-order valence-corrected chi connectivity index (χ1v) is 3.49. The highest BCUT2D eigenvalue weighted by molar-refractivity contribution is 9.49. The molecule has 0 saturated heterocycles. The minimum absolute atomic E-state index is 0.405. The van der Waals surface area contributed by atoms with E-state index >= 15 is 0 Å². The van der Waals surface area contributed by atoms with E-state index in [1.165, 1.54) is 0 Å². The lowest BCUT2D eigenvalue weighted by Gasteiger charge is -1.82. The van der Waals surface area contributed by atoms with Gasteiger partial charge < -0.3 is 0 Å². The van der Waals surface area contributed by atoms with Gasteiger partial charge in [0.2, 0.25) is 0 Å².